The van der Waals surface area contributed by atoms with Crippen molar-refractivity contribution in [1.29, 1.82) is 0 Å². The zero-order valence-corrected chi connectivity index (χ0v) is 7.99. The highest BCUT2D eigenvalue weighted by Gasteiger charge is 2.26. The van der Waals surface area contributed by atoms with Crippen LogP contribution in [0.1, 0.15) is 20.8 Å². The van der Waals surface area contributed by atoms with Gasteiger partial charge in [-0.15, -0.1) is 0 Å². The summed E-state index contributed by atoms with van der Waals surface area (Å²) in [4.78, 5) is 0. The fourth-order valence-electron chi connectivity index (χ4n) is 1.20. The van der Waals surface area contributed by atoms with Crippen molar-refractivity contribution in [2.75, 3.05) is 13.2 Å². The van der Waals surface area contributed by atoms with E-state index < -0.39 is 0 Å². The summed E-state index contributed by atoms with van der Waals surface area (Å²) in [6.45, 7) is 7.12. The van der Waals surface area contributed by atoms with Crippen molar-refractivity contribution in [2.24, 2.45) is 11.8 Å². The summed E-state index contributed by atoms with van der Waals surface area (Å²) in [5.41, 5.74) is 0. The zero-order valence-electron chi connectivity index (χ0n) is 7.99. The van der Waals surface area contributed by atoms with Gasteiger partial charge in [-0.25, -0.2) is 0 Å². The van der Waals surface area contributed by atoms with Crippen molar-refractivity contribution in [3.05, 3.63) is 0 Å². The third-order valence-corrected chi connectivity index (χ3v) is 2.18. The molecule has 12 heavy (non-hydrogen) atoms. The number of aliphatic hydroxyl groups excluding tert-OH is 1. The van der Waals surface area contributed by atoms with Gasteiger partial charge < -0.3 is 14.6 Å². The number of ether oxygens (including phenoxy) is 2. The molecule has 1 rings (SSSR count). The first-order valence-electron chi connectivity index (χ1n) is 4.52. The van der Waals surface area contributed by atoms with Crippen LogP contribution in [-0.2, 0) is 9.47 Å². The van der Waals surface area contributed by atoms with Gasteiger partial charge in [-0.1, -0.05) is 13.8 Å². The van der Waals surface area contributed by atoms with Crippen molar-refractivity contribution < 1.29 is 14.6 Å². The first-order valence-corrected chi connectivity index (χ1v) is 4.52. The van der Waals surface area contributed by atoms with E-state index in [-0.39, 0.29) is 18.3 Å². The predicted octanol–water partition coefficient (Wildman–Crippen LogP) is 1.01. The Labute approximate surface area is 73.7 Å². The highest BCUT2D eigenvalue weighted by atomic mass is 16.7. The molecule has 0 aromatic heterocycles. The van der Waals surface area contributed by atoms with E-state index in [0.29, 0.717) is 19.1 Å². The Bertz CT molecular complexity index is 110. The second-order valence-corrected chi connectivity index (χ2v) is 3.78. The van der Waals surface area contributed by atoms with E-state index in [9.17, 15) is 5.11 Å². The van der Waals surface area contributed by atoms with Crippen LogP contribution in [0.25, 0.3) is 0 Å². The monoisotopic (exact) mass is 174 g/mol. The molecule has 0 amide bonds. The molecular weight excluding hydrogens is 156 g/mol. The molecule has 0 bridgehead atoms. The van der Waals surface area contributed by atoms with Gasteiger partial charge in [0.05, 0.1) is 19.3 Å². The Kier molecular flexibility index (Phi) is 3.50. The fourth-order valence-corrected chi connectivity index (χ4v) is 1.20. The van der Waals surface area contributed by atoms with E-state index >= 15 is 0 Å². The summed E-state index contributed by atoms with van der Waals surface area (Å²) in [5.74, 6) is 0.528. The largest absolute Gasteiger partial charge is 0.393 e. The van der Waals surface area contributed by atoms with Crippen LogP contribution in [0.3, 0.4) is 0 Å². The molecule has 1 saturated heterocycles. The van der Waals surface area contributed by atoms with E-state index in [2.05, 4.69) is 13.8 Å². The minimum atomic E-state index is -0.335. The van der Waals surface area contributed by atoms with Crippen LogP contribution < -0.4 is 0 Å². The molecule has 72 valence electrons. The summed E-state index contributed by atoms with van der Waals surface area (Å²) in [5, 5.41) is 9.24. The van der Waals surface area contributed by atoms with Gasteiger partial charge in [0.25, 0.3) is 0 Å². The molecule has 0 aromatic carbocycles. The van der Waals surface area contributed by atoms with Crippen LogP contribution in [-0.4, -0.2) is 30.7 Å². The molecule has 1 heterocycles. The lowest BCUT2D eigenvalue weighted by Crippen LogP contribution is -2.39. The lowest BCUT2D eigenvalue weighted by molar-refractivity contribution is -0.229. The number of hydrogen-bond acceptors (Lipinski definition) is 3. The molecule has 1 aliphatic heterocycles. The number of rotatable bonds is 2. The van der Waals surface area contributed by atoms with Gasteiger partial charge in [0.1, 0.15) is 0 Å². The van der Waals surface area contributed by atoms with Crippen LogP contribution in [0.5, 0.6) is 0 Å². The van der Waals surface area contributed by atoms with Crippen molar-refractivity contribution in [1.82, 2.24) is 0 Å². The standard InChI is InChI=1S/C9H18O3/c1-6(2)9-11-4-8(5-12-9)7(3)10/h6-10H,4-5H2,1-3H3. The van der Waals surface area contributed by atoms with Crippen LogP contribution in [0.15, 0.2) is 0 Å². The quantitative estimate of drug-likeness (QED) is 0.679. The number of hydrogen-bond donors (Lipinski definition) is 1. The van der Waals surface area contributed by atoms with Crippen molar-refractivity contribution in [3.63, 3.8) is 0 Å². The van der Waals surface area contributed by atoms with Gasteiger partial charge in [-0.2, -0.15) is 0 Å². The van der Waals surface area contributed by atoms with Crippen LogP contribution in [0.4, 0.5) is 0 Å². The lowest BCUT2D eigenvalue weighted by atomic mass is 10.1. The maximum Gasteiger partial charge on any atom is 0.159 e. The molecule has 0 radical (unpaired) electrons. The average molecular weight is 174 g/mol. The van der Waals surface area contributed by atoms with Crippen LogP contribution in [0, 0.1) is 11.8 Å². The van der Waals surface area contributed by atoms with Crippen LogP contribution in [0.2, 0.25) is 0 Å². The Morgan fingerprint density at radius 2 is 1.67 bits per heavy atom. The smallest absolute Gasteiger partial charge is 0.159 e. The molecule has 3 heteroatoms. The molecule has 0 spiro atoms. The first-order chi connectivity index (χ1) is 5.61. The van der Waals surface area contributed by atoms with Crippen molar-refractivity contribution in [3.8, 4) is 0 Å². The molecule has 1 aliphatic rings. The van der Waals surface area contributed by atoms with E-state index in [1.807, 2.05) is 0 Å². The normalized spacial score (nSPS) is 33.8. The molecule has 1 N–H and O–H groups in total. The second-order valence-electron chi connectivity index (χ2n) is 3.78. The van der Waals surface area contributed by atoms with E-state index in [4.69, 9.17) is 9.47 Å². The van der Waals surface area contributed by atoms with E-state index in [1.54, 1.807) is 6.92 Å². The summed E-state index contributed by atoms with van der Waals surface area (Å²) in [6.07, 6.45) is -0.418. The Hall–Kier alpha value is -0.120. The highest BCUT2D eigenvalue weighted by Crippen LogP contribution is 2.18. The second kappa shape index (κ2) is 4.21. The summed E-state index contributed by atoms with van der Waals surface area (Å²) in [6, 6.07) is 0. The number of aliphatic hydroxyl groups is 1. The minimum absolute atomic E-state index is 0.0833. The molecule has 0 aliphatic carbocycles. The first kappa shape index (κ1) is 9.96. The molecule has 1 fully saturated rings. The highest BCUT2D eigenvalue weighted by molar-refractivity contribution is 4.68. The summed E-state index contributed by atoms with van der Waals surface area (Å²) < 4.78 is 10.9. The van der Waals surface area contributed by atoms with Crippen molar-refractivity contribution >= 4 is 0 Å². The SMILES string of the molecule is CC(C)C1OCC(C(C)O)CO1. The van der Waals surface area contributed by atoms with E-state index in [0.717, 1.165) is 0 Å². The Morgan fingerprint density at radius 3 is 2.00 bits per heavy atom. The lowest BCUT2D eigenvalue weighted by Gasteiger charge is -2.32. The fraction of sp³-hybridized carbons (Fsp3) is 1.00. The summed E-state index contributed by atoms with van der Waals surface area (Å²) in [7, 11) is 0. The van der Waals surface area contributed by atoms with Crippen LogP contribution >= 0.6 is 0 Å². The third-order valence-electron chi connectivity index (χ3n) is 2.18. The molecular formula is C9H18O3. The Balaban J connectivity index is 2.30. The minimum Gasteiger partial charge on any atom is -0.393 e. The summed E-state index contributed by atoms with van der Waals surface area (Å²) >= 11 is 0. The zero-order chi connectivity index (χ0) is 9.14. The molecule has 1 atom stereocenters. The van der Waals surface area contributed by atoms with Gasteiger partial charge in [-0.05, 0) is 6.92 Å². The molecule has 3 nitrogen and oxygen atoms in total. The van der Waals surface area contributed by atoms with Gasteiger partial charge in [0.15, 0.2) is 6.29 Å². The van der Waals surface area contributed by atoms with Gasteiger partial charge >= 0.3 is 0 Å². The van der Waals surface area contributed by atoms with Gasteiger partial charge in [0.2, 0.25) is 0 Å². The molecule has 0 aromatic rings. The van der Waals surface area contributed by atoms with Gasteiger partial charge in [0, 0.05) is 11.8 Å². The maximum absolute atomic E-state index is 9.24. The Morgan fingerprint density at radius 1 is 1.17 bits per heavy atom. The van der Waals surface area contributed by atoms with E-state index in [1.165, 1.54) is 0 Å². The average Bonchev–Trinajstić information content (AvgIpc) is 2.04. The topological polar surface area (TPSA) is 38.7 Å². The molecule has 1 unspecified atom stereocenters. The van der Waals surface area contributed by atoms with Gasteiger partial charge in [-0.3, -0.25) is 0 Å². The third kappa shape index (κ3) is 2.44. The van der Waals surface area contributed by atoms with Crippen molar-refractivity contribution in [2.45, 2.75) is 33.2 Å². The molecule has 0 saturated carbocycles. The predicted molar refractivity (Wildman–Crippen MR) is 45.7 cm³/mol. The maximum atomic E-state index is 9.24.